The minimum absolute atomic E-state index is 0.257. The largest absolute Gasteiger partial charge is 0.396 e. The van der Waals surface area contributed by atoms with Crippen LogP contribution in [0.5, 0.6) is 0 Å². The minimum Gasteiger partial charge on any atom is -0.396 e. The Kier molecular flexibility index (Phi) is 5.83. The lowest BCUT2D eigenvalue weighted by Gasteiger charge is -2.41. The van der Waals surface area contributed by atoms with Crippen LogP contribution in [0.25, 0.3) is 0 Å². The molecule has 2 aromatic heterocycles. The average Bonchev–Trinajstić information content (AvgIpc) is 3.21. The van der Waals surface area contributed by atoms with Crippen molar-refractivity contribution in [3.63, 3.8) is 0 Å². The van der Waals surface area contributed by atoms with Crippen LogP contribution in [0.15, 0.2) is 29.9 Å². The zero-order chi connectivity index (χ0) is 16.1. The summed E-state index contributed by atoms with van der Waals surface area (Å²) >= 11 is 1.82. The normalized spacial score (nSPS) is 20.2. The molecule has 0 radical (unpaired) electrons. The van der Waals surface area contributed by atoms with Gasteiger partial charge in [-0.1, -0.05) is 6.07 Å². The summed E-state index contributed by atoms with van der Waals surface area (Å²) in [5.41, 5.74) is 1.28. The highest BCUT2D eigenvalue weighted by Gasteiger charge is 2.27. The second-order valence-electron chi connectivity index (χ2n) is 6.16. The Morgan fingerprint density at radius 3 is 2.96 bits per heavy atom. The number of nitrogens with zero attached hydrogens (tertiary/aromatic N) is 4. The van der Waals surface area contributed by atoms with Crippen molar-refractivity contribution in [2.75, 3.05) is 26.2 Å². The van der Waals surface area contributed by atoms with E-state index < -0.39 is 0 Å². The molecule has 1 N–H and O–H groups in total. The van der Waals surface area contributed by atoms with Gasteiger partial charge in [0.05, 0.1) is 6.20 Å². The van der Waals surface area contributed by atoms with Crippen LogP contribution in [0, 0.1) is 0 Å². The maximum atomic E-state index is 9.42. The average molecular weight is 334 g/mol. The van der Waals surface area contributed by atoms with Crippen molar-refractivity contribution < 1.29 is 5.11 Å². The lowest BCUT2D eigenvalue weighted by Crippen LogP contribution is -2.52. The molecule has 1 atom stereocenters. The molecule has 1 aliphatic rings. The Bertz CT molecular complexity index is 583. The highest BCUT2D eigenvalue weighted by atomic mass is 32.1. The SMILES string of the molecule is CCn1cc(CN2CCN(Cc3cccs3)[C@H](CCO)C2)cn1. The van der Waals surface area contributed by atoms with E-state index >= 15 is 0 Å². The first-order valence-electron chi connectivity index (χ1n) is 8.39. The van der Waals surface area contributed by atoms with Crippen LogP contribution >= 0.6 is 11.3 Å². The molecule has 2 aromatic rings. The van der Waals surface area contributed by atoms with E-state index in [2.05, 4.69) is 45.5 Å². The summed E-state index contributed by atoms with van der Waals surface area (Å²) in [7, 11) is 0. The van der Waals surface area contributed by atoms with Crippen LogP contribution in [-0.4, -0.2) is 57.0 Å². The predicted molar refractivity (Wildman–Crippen MR) is 93.4 cm³/mol. The van der Waals surface area contributed by atoms with Crippen LogP contribution < -0.4 is 0 Å². The van der Waals surface area contributed by atoms with Crippen LogP contribution in [0.3, 0.4) is 0 Å². The summed E-state index contributed by atoms with van der Waals surface area (Å²) in [6.45, 7) is 8.39. The molecule has 1 saturated heterocycles. The van der Waals surface area contributed by atoms with Gasteiger partial charge in [0.1, 0.15) is 0 Å². The van der Waals surface area contributed by atoms with E-state index in [1.54, 1.807) is 0 Å². The van der Waals surface area contributed by atoms with Gasteiger partial charge in [0.2, 0.25) is 0 Å². The number of thiophene rings is 1. The van der Waals surface area contributed by atoms with Gasteiger partial charge < -0.3 is 5.11 Å². The predicted octanol–water partition coefficient (Wildman–Crippen LogP) is 2.03. The first kappa shape index (κ1) is 16.6. The lowest BCUT2D eigenvalue weighted by molar-refractivity contribution is 0.0506. The number of hydrogen-bond acceptors (Lipinski definition) is 5. The molecule has 0 spiro atoms. The standard InChI is InChI=1S/C17H26N4OS/c1-2-21-12-15(10-18-21)11-19-6-7-20(16(13-19)5-8-22)14-17-4-3-9-23-17/h3-4,9-10,12,16,22H,2,5-8,11,13-14H2,1H3/t16-/m1/s1. The number of aliphatic hydroxyl groups excluding tert-OH is 1. The molecule has 0 bridgehead atoms. The van der Waals surface area contributed by atoms with Gasteiger partial charge in [0.25, 0.3) is 0 Å². The number of rotatable bonds is 7. The molecule has 3 heterocycles. The van der Waals surface area contributed by atoms with Crippen molar-refractivity contribution in [3.8, 4) is 0 Å². The maximum absolute atomic E-state index is 9.42. The molecule has 0 aliphatic carbocycles. The summed E-state index contributed by atoms with van der Waals surface area (Å²) < 4.78 is 1.98. The molecule has 5 nitrogen and oxygen atoms in total. The minimum atomic E-state index is 0.257. The van der Waals surface area contributed by atoms with E-state index in [9.17, 15) is 5.11 Å². The van der Waals surface area contributed by atoms with Gasteiger partial charge in [-0.15, -0.1) is 11.3 Å². The third-order valence-electron chi connectivity index (χ3n) is 4.51. The fourth-order valence-corrected chi connectivity index (χ4v) is 3.98. The van der Waals surface area contributed by atoms with E-state index in [0.717, 1.165) is 45.7 Å². The number of aryl methyl sites for hydroxylation is 1. The fraction of sp³-hybridized carbons (Fsp3) is 0.588. The summed E-state index contributed by atoms with van der Waals surface area (Å²) in [6, 6.07) is 4.74. The number of aliphatic hydroxyl groups is 1. The van der Waals surface area contributed by atoms with Gasteiger partial charge in [0, 0.05) is 68.6 Å². The smallest absolute Gasteiger partial charge is 0.0534 e. The zero-order valence-electron chi connectivity index (χ0n) is 13.8. The number of aromatic nitrogens is 2. The van der Waals surface area contributed by atoms with Crippen LogP contribution in [0.2, 0.25) is 0 Å². The Balaban J connectivity index is 1.59. The van der Waals surface area contributed by atoms with Crippen molar-refractivity contribution in [2.45, 2.75) is 39.0 Å². The Hall–Kier alpha value is -1.21. The van der Waals surface area contributed by atoms with Crippen LogP contribution in [0.4, 0.5) is 0 Å². The number of hydrogen-bond donors (Lipinski definition) is 1. The van der Waals surface area contributed by atoms with Gasteiger partial charge in [-0.2, -0.15) is 5.10 Å². The fourth-order valence-electron chi connectivity index (χ4n) is 3.25. The van der Waals surface area contributed by atoms with E-state index in [0.29, 0.717) is 6.04 Å². The van der Waals surface area contributed by atoms with Crippen molar-refractivity contribution in [2.24, 2.45) is 0 Å². The molecule has 126 valence electrons. The van der Waals surface area contributed by atoms with Crippen LogP contribution in [0.1, 0.15) is 23.8 Å². The molecular formula is C17H26N4OS. The highest BCUT2D eigenvalue weighted by Crippen LogP contribution is 2.20. The molecule has 23 heavy (non-hydrogen) atoms. The molecular weight excluding hydrogens is 308 g/mol. The topological polar surface area (TPSA) is 44.5 Å². The van der Waals surface area contributed by atoms with Gasteiger partial charge in [-0.25, -0.2) is 0 Å². The van der Waals surface area contributed by atoms with E-state index in [4.69, 9.17) is 0 Å². The molecule has 0 amide bonds. The van der Waals surface area contributed by atoms with E-state index in [1.165, 1.54) is 10.4 Å². The third kappa shape index (κ3) is 4.41. The van der Waals surface area contributed by atoms with Crippen molar-refractivity contribution >= 4 is 11.3 Å². The summed E-state index contributed by atoms with van der Waals surface area (Å²) in [4.78, 5) is 6.42. The molecule has 1 fully saturated rings. The monoisotopic (exact) mass is 334 g/mol. The Morgan fingerprint density at radius 2 is 2.26 bits per heavy atom. The second-order valence-corrected chi connectivity index (χ2v) is 7.19. The van der Waals surface area contributed by atoms with Gasteiger partial charge in [-0.05, 0) is 24.8 Å². The maximum Gasteiger partial charge on any atom is 0.0534 e. The number of piperazine rings is 1. The lowest BCUT2D eigenvalue weighted by atomic mass is 10.1. The molecule has 6 heteroatoms. The van der Waals surface area contributed by atoms with Crippen molar-refractivity contribution in [1.82, 2.24) is 19.6 Å². The van der Waals surface area contributed by atoms with Crippen LogP contribution in [-0.2, 0) is 19.6 Å². The molecule has 0 unspecified atom stereocenters. The van der Waals surface area contributed by atoms with E-state index in [-0.39, 0.29) is 6.61 Å². The van der Waals surface area contributed by atoms with E-state index in [1.807, 2.05) is 22.2 Å². The quantitative estimate of drug-likeness (QED) is 0.841. The molecule has 0 aromatic carbocycles. The van der Waals surface area contributed by atoms with Crippen molar-refractivity contribution in [3.05, 3.63) is 40.3 Å². The zero-order valence-corrected chi connectivity index (χ0v) is 14.6. The first-order valence-corrected chi connectivity index (χ1v) is 9.27. The molecule has 3 rings (SSSR count). The Morgan fingerprint density at radius 1 is 1.35 bits per heavy atom. The summed E-state index contributed by atoms with van der Waals surface area (Å²) in [5, 5.41) is 15.9. The third-order valence-corrected chi connectivity index (χ3v) is 5.37. The second kappa shape index (κ2) is 8.06. The summed E-state index contributed by atoms with van der Waals surface area (Å²) in [6.07, 6.45) is 4.96. The summed E-state index contributed by atoms with van der Waals surface area (Å²) in [5.74, 6) is 0. The molecule has 0 saturated carbocycles. The first-order chi connectivity index (χ1) is 11.3. The van der Waals surface area contributed by atoms with Gasteiger partial charge in [0.15, 0.2) is 0 Å². The van der Waals surface area contributed by atoms with Gasteiger partial charge >= 0.3 is 0 Å². The molecule has 1 aliphatic heterocycles. The van der Waals surface area contributed by atoms with Crippen molar-refractivity contribution in [1.29, 1.82) is 0 Å². The van der Waals surface area contributed by atoms with Gasteiger partial charge in [-0.3, -0.25) is 14.5 Å². The highest BCUT2D eigenvalue weighted by molar-refractivity contribution is 7.09. The Labute approximate surface area is 142 Å².